The molecular formula is C10H21N3O4S. The lowest BCUT2D eigenvalue weighted by atomic mass is 10.4. The molecule has 0 aromatic rings. The molecule has 106 valence electrons. The summed E-state index contributed by atoms with van der Waals surface area (Å²) in [4.78, 5) is 1.36. The summed E-state index contributed by atoms with van der Waals surface area (Å²) in [6, 6.07) is 0. The molecule has 0 aliphatic carbocycles. The molecule has 0 bridgehead atoms. The third-order valence-electron chi connectivity index (χ3n) is 3.22. The quantitative estimate of drug-likeness (QED) is 0.623. The maximum absolute atomic E-state index is 11.9. The molecule has 2 rings (SSSR count). The van der Waals surface area contributed by atoms with Gasteiger partial charge in [0.25, 0.3) is 0 Å². The summed E-state index contributed by atoms with van der Waals surface area (Å²) in [5, 5.41) is 0. The van der Waals surface area contributed by atoms with Crippen LogP contribution in [0.2, 0.25) is 0 Å². The van der Waals surface area contributed by atoms with Crippen molar-refractivity contribution in [2.45, 2.75) is 0 Å². The van der Waals surface area contributed by atoms with Crippen LogP contribution in [0.25, 0.3) is 4.72 Å². The Hall–Kier alpha value is -0.250. The van der Waals surface area contributed by atoms with Gasteiger partial charge in [-0.1, -0.05) is 6.54 Å². The summed E-state index contributed by atoms with van der Waals surface area (Å²) in [7, 11) is -3.45. The summed E-state index contributed by atoms with van der Waals surface area (Å²) >= 11 is 0. The first-order chi connectivity index (χ1) is 8.68. The molecule has 2 heterocycles. The summed E-state index contributed by atoms with van der Waals surface area (Å²) < 4.78 is 39.4. The van der Waals surface area contributed by atoms with E-state index in [9.17, 15) is 8.42 Å². The average Bonchev–Trinajstić information content (AvgIpc) is 2.41. The number of nitrogens with zero attached hydrogens (tertiary/aromatic N) is 2. The number of quaternary nitrogens is 1. The zero-order chi connectivity index (χ0) is 12.8. The normalized spacial score (nSPS) is 24.2. The van der Waals surface area contributed by atoms with Gasteiger partial charge in [0.05, 0.1) is 33.0 Å². The van der Waals surface area contributed by atoms with E-state index in [1.54, 1.807) is 0 Å². The Morgan fingerprint density at radius 2 is 1.67 bits per heavy atom. The van der Waals surface area contributed by atoms with E-state index in [0.717, 1.165) is 32.8 Å². The smallest absolute Gasteiger partial charge is 0.137 e. The Bertz CT molecular complexity index is 337. The van der Waals surface area contributed by atoms with Gasteiger partial charge in [-0.2, -0.15) is 0 Å². The fraction of sp³-hybridized carbons (Fsp3) is 1.00. The van der Waals surface area contributed by atoms with Crippen molar-refractivity contribution in [3.63, 3.8) is 0 Å². The molecule has 0 aromatic carbocycles. The van der Waals surface area contributed by atoms with E-state index >= 15 is 0 Å². The van der Waals surface area contributed by atoms with Gasteiger partial charge in [0.15, 0.2) is 0 Å². The molecular weight excluding hydrogens is 258 g/mol. The van der Waals surface area contributed by atoms with Crippen LogP contribution in [0.15, 0.2) is 0 Å². The van der Waals surface area contributed by atoms with Crippen LogP contribution >= 0.6 is 0 Å². The van der Waals surface area contributed by atoms with E-state index in [-0.39, 0.29) is 0 Å². The standard InChI is InChI=1S/C10H20N3O4S/c14-18(15,13-5-9-17-10-6-13)11-1-2-12-3-7-16-8-4-12/h1-10H2/q-1/p+1. The lowest BCUT2D eigenvalue weighted by molar-refractivity contribution is -0.906. The number of nitrogens with one attached hydrogen (secondary N) is 1. The number of hydrogen-bond acceptors (Lipinski definition) is 4. The van der Waals surface area contributed by atoms with E-state index in [4.69, 9.17) is 9.47 Å². The highest BCUT2D eigenvalue weighted by Gasteiger charge is 2.18. The number of morpholine rings is 2. The predicted octanol–water partition coefficient (Wildman–Crippen LogP) is -2.15. The van der Waals surface area contributed by atoms with Crippen LogP contribution in [0.1, 0.15) is 0 Å². The van der Waals surface area contributed by atoms with Gasteiger partial charge in [-0.05, 0) is 0 Å². The van der Waals surface area contributed by atoms with Crippen molar-refractivity contribution < 1.29 is 22.8 Å². The molecule has 2 aliphatic heterocycles. The van der Waals surface area contributed by atoms with Gasteiger partial charge < -0.3 is 19.1 Å². The molecule has 2 fully saturated rings. The van der Waals surface area contributed by atoms with Crippen molar-refractivity contribution in [1.82, 2.24) is 4.31 Å². The largest absolute Gasteiger partial charge is 0.531 e. The average molecular weight is 279 g/mol. The molecule has 0 atom stereocenters. The third kappa shape index (κ3) is 4.15. The molecule has 8 heteroatoms. The van der Waals surface area contributed by atoms with Crippen molar-refractivity contribution >= 4 is 10.2 Å². The SMILES string of the molecule is O=S(=O)([N-]CC[NH+]1CCOCC1)N1CCOCC1. The van der Waals surface area contributed by atoms with Crippen molar-refractivity contribution in [2.24, 2.45) is 0 Å². The first-order valence-corrected chi connectivity index (χ1v) is 7.76. The van der Waals surface area contributed by atoms with Gasteiger partial charge in [-0.3, -0.25) is 0 Å². The van der Waals surface area contributed by atoms with Gasteiger partial charge >= 0.3 is 0 Å². The molecule has 2 saturated heterocycles. The molecule has 0 radical (unpaired) electrons. The van der Waals surface area contributed by atoms with Crippen molar-refractivity contribution in [2.75, 3.05) is 65.7 Å². The second-order valence-electron chi connectivity index (χ2n) is 4.45. The highest BCUT2D eigenvalue weighted by Crippen LogP contribution is 2.10. The third-order valence-corrected chi connectivity index (χ3v) is 4.74. The Morgan fingerprint density at radius 3 is 2.33 bits per heavy atom. The fourth-order valence-corrected chi connectivity index (χ4v) is 3.18. The molecule has 0 aromatic heterocycles. The van der Waals surface area contributed by atoms with E-state index < -0.39 is 10.2 Å². The summed E-state index contributed by atoms with van der Waals surface area (Å²) in [6.45, 7) is 6.25. The minimum Gasteiger partial charge on any atom is -0.531 e. The van der Waals surface area contributed by atoms with Gasteiger partial charge in [0.2, 0.25) is 0 Å². The first-order valence-electron chi connectivity index (χ1n) is 6.36. The molecule has 0 saturated carbocycles. The molecule has 18 heavy (non-hydrogen) atoms. The summed E-state index contributed by atoms with van der Waals surface area (Å²) in [5.41, 5.74) is 0. The molecule has 0 unspecified atom stereocenters. The highest BCUT2D eigenvalue weighted by atomic mass is 32.2. The lowest BCUT2D eigenvalue weighted by Gasteiger charge is -2.34. The molecule has 7 nitrogen and oxygen atoms in total. The topological polar surface area (TPSA) is 74.4 Å². The van der Waals surface area contributed by atoms with Gasteiger partial charge in [-0.25, -0.2) is 12.7 Å². The molecule has 1 N–H and O–H groups in total. The lowest BCUT2D eigenvalue weighted by Crippen LogP contribution is -3.14. The molecule has 0 spiro atoms. The zero-order valence-corrected chi connectivity index (χ0v) is 11.3. The summed E-state index contributed by atoms with van der Waals surface area (Å²) in [5.74, 6) is 0. The van der Waals surface area contributed by atoms with Crippen molar-refractivity contribution in [1.29, 1.82) is 0 Å². The minimum atomic E-state index is -3.45. The van der Waals surface area contributed by atoms with Crippen LogP contribution in [-0.2, 0) is 19.7 Å². The van der Waals surface area contributed by atoms with Gasteiger partial charge in [0, 0.05) is 13.1 Å². The molecule has 0 amide bonds. The minimum absolute atomic E-state index is 0.356. The van der Waals surface area contributed by atoms with Crippen LogP contribution in [0.3, 0.4) is 0 Å². The van der Waals surface area contributed by atoms with E-state index in [1.165, 1.54) is 9.21 Å². The van der Waals surface area contributed by atoms with Crippen LogP contribution in [0.4, 0.5) is 0 Å². The Labute approximate surface area is 108 Å². The molecule has 2 aliphatic rings. The monoisotopic (exact) mass is 279 g/mol. The van der Waals surface area contributed by atoms with Crippen molar-refractivity contribution in [3.05, 3.63) is 4.72 Å². The highest BCUT2D eigenvalue weighted by molar-refractivity contribution is 7.91. The van der Waals surface area contributed by atoms with E-state index in [1.807, 2.05) is 0 Å². The second kappa shape index (κ2) is 6.78. The van der Waals surface area contributed by atoms with E-state index in [2.05, 4.69) is 4.72 Å². The summed E-state index contributed by atoms with van der Waals surface area (Å²) in [6.07, 6.45) is 0. The van der Waals surface area contributed by atoms with Crippen LogP contribution < -0.4 is 4.90 Å². The fourth-order valence-electron chi connectivity index (χ4n) is 2.09. The Balaban J connectivity index is 1.70. The number of rotatable bonds is 5. The van der Waals surface area contributed by atoms with Gasteiger partial charge in [0.1, 0.15) is 23.3 Å². The second-order valence-corrected chi connectivity index (χ2v) is 6.12. The maximum atomic E-state index is 11.9. The predicted molar refractivity (Wildman–Crippen MR) is 65.9 cm³/mol. The number of ether oxygens (including phenoxy) is 2. The number of hydrogen-bond donors (Lipinski definition) is 1. The first kappa shape index (κ1) is 14.2. The van der Waals surface area contributed by atoms with E-state index in [0.29, 0.717) is 32.8 Å². The van der Waals surface area contributed by atoms with Crippen LogP contribution in [0, 0.1) is 0 Å². The zero-order valence-electron chi connectivity index (χ0n) is 10.5. The van der Waals surface area contributed by atoms with Crippen molar-refractivity contribution in [3.8, 4) is 0 Å². The Morgan fingerprint density at radius 1 is 1.06 bits per heavy atom. The maximum Gasteiger partial charge on any atom is 0.137 e. The van der Waals surface area contributed by atoms with Crippen LogP contribution in [0.5, 0.6) is 0 Å². The van der Waals surface area contributed by atoms with Gasteiger partial charge in [-0.15, -0.1) is 0 Å². The van der Waals surface area contributed by atoms with Crippen LogP contribution in [-0.4, -0.2) is 78.4 Å². The Kier molecular flexibility index (Phi) is 5.34.